The Labute approximate surface area is 225 Å². The Bertz CT molecular complexity index is 1330. The molecular weight excluding hydrogens is 502 g/mol. The smallest absolute Gasteiger partial charge is 0.235 e. The van der Waals surface area contributed by atoms with Crippen LogP contribution in [0.25, 0.3) is 6.08 Å². The van der Waals surface area contributed by atoms with Gasteiger partial charge in [0.2, 0.25) is 10.0 Å². The predicted molar refractivity (Wildman–Crippen MR) is 152 cm³/mol. The summed E-state index contributed by atoms with van der Waals surface area (Å²) in [4.78, 5) is 2.05. The number of anilines is 1. The van der Waals surface area contributed by atoms with E-state index in [2.05, 4.69) is 4.90 Å². The van der Waals surface area contributed by atoms with Gasteiger partial charge in [-0.2, -0.15) is 0 Å². The molecule has 2 heterocycles. The summed E-state index contributed by atoms with van der Waals surface area (Å²) in [5, 5.41) is 15.6. The number of nitrogens with two attached hydrogens (primary N) is 1. The number of rotatable bonds is 9. The lowest BCUT2D eigenvalue weighted by Crippen LogP contribution is -2.40. The van der Waals surface area contributed by atoms with E-state index in [1.165, 1.54) is 4.31 Å². The second kappa shape index (κ2) is 11.6. The molecule has 0 spiro atoms. The third kappa shape index (κ3) is 6.02. The average Bonchev–Trinajstić information content (AvgIpc) is 3.28. The van der Waals surface area contributed by atoms with Crippen LogP contribution >= 0.6 is 0 Å². The quantitative estimate of drug-likeness (QED) is 0.329. The normalized spacial score (nSPS) is 18.4. The molecule has 0 aromatic heterocycles. The van der Waals surface area contributed by atoms with Gasteiger partial charge in [-0.15, -0.1) is 0 Å². The van der Waals surface area contributed by atoms with E-state index in [4.69, 9.17) is 26.0 Å². The van der Waals surface area contributed by atoms with Crippen molar-refractivity contribution in [3.05, 3.63) is 64.7 Å². The third-order valence-electron chi connectivity index (χ3n) is 7.16. The molecule has 0 aliphatic carbocycles. The van der Waals surface area contributed by atoms with Crippen LogP contribution in [0, 0.1) is 10.8 Å². The zero-order chi connectivity index (χ0) is 27.4. The molecule has 4 N–H and O–H groups in total. The van der Waals surface area contributed by atoms with Crippen LogP contribution in [-0.2, 0) is 21.2 Å². The maximum Gasteiger partial charge on any atom is 0.235 e. The highest BCUT2D eigenvalue weighted by molar-refractivity contribution is 7.92. The molecule has 1 unspecified atom stereocenters. The average molecular weight is 540 g/mol. The minimum atomic E-state index is -3.58. The van der Waals surface area contributed by atoms with Gasteiger partial charge >= 0.3 is 0 Å². The molecule has 4 rings (SSSR count). The molecule has 1 saturated heterocycles. The van der Waals surface area contributed by atoms with Gasteiger partial charge in [-0.3, -0.25) is 15.1 Å². The van der Waals surface area contributed by atoms with Crippen LogP contribution < -0.4 is 14.8 Å². The van der Waals surface area contributed by atoms with Crippen molar-refractivity contribution in [3.63, 3.8) is 0 Å². The second-order valence-electron chi connectivity index (χ2n) is 9.79. The molecule has 1 fully saturated rings. The van der Waals surface area contributed by atoms with Gasteiger partial charge in [-0.05, 0) is 54.8 Å². The summed E-state index contributed by atoms with van der Waals surface area (Å²) in [6, 6.07) is 12.5. The van der Waals surface area contributed by atoms with Crippen LogP contribution in [-0.4, -0.2) is 69.7 Å². The zero-order valence-electron chi connectivity index (χ0n) is 22.2. The summed E-state index contributed by atoms with van der Waals surface area (Å²) in [6.45, 7) is 5.31. The molecule has 2 aromatic carbocycles. The lowest BCUT2D eigenvalue weighted by Gasteiger charge is -2.33. The summed E-state index contributed by atoms with van der Waals surface area (Å²) in [6.07, 6.45) is 4.17. The van der Waals surface area contributed by atoms with Crippen LogP contribution in [0.5, 0.6) is 5.75 Å². The van der Waals surface area contributed by atoms with E-state index in [-0.39, 0.29) is 24.3 Å². The van der Waals surface area contributed by atoms with Crippen molar-refractivity contribution in [1.82, 2.24) is 4.90 Å². The molecule has 204 valence electrons. The fraction of sp³-hybridized carbons (Fsp3) is 0.429. The molecule has 0 amide bonds. The molecule has 10 heteroatoms. The van der Waals surface area contributed by atoms with Gasteiger partial charge in [-0.25, -0.2) is 8.42 Å². The van der Waals surface area contributed by atoms with Gasteiger partial charge in [0.25, 0.3) is 0 Å². The van der Waals surface area contributed by atoms with Gasteiger partial charge in [0.15, 0.2) is 0 Å². The van der Waals surface area contributed by atoms with Crippen molar-refractivity contribution in [1.29, 1.82) is 10.8 Å². The van der Waals surface area contributed by atoms with Crippen molar-refractivity contribution < 1.29 is 17.9 Å². The fourth-order valence-electron chi connectivity index (χ4n) is 5.15. The van der Waals surface area contributed by atoms with Gasteiger partial charge in [0, 0.05) is 45.0 Å². The summed E-state index contributed by atoms with van der Waals surface area (Å²) in [5.41, 5.74) is 9.50. The number of piperidine rings is 1. The zero-order valence-corrected chi connectivity index (χ0v) is 23.1. The Hall–Kier alpha value is -3.37. The van der Waals surface area contributed by atoms with Crippen LogP contribution in [0.2, 0.25) is 0 Å². The molecule has 9 nitrogen and oxygen atoms in total. The summed E-state index contributed by atoms with van der Waals surface area (Å²) in [7, 11) is -1.98. The molecule has 0 saturated carbocycles. The number of fused-ring (bicyclic) bond motifs is 1. The SMILES string of the molecule is CCS(=O)(=O)N1c2ccc(OC3CCN(C(C)=N)CC3)cc2CC1/C(=C/c1cccc(C(=N)N)c1)COC. The van der Waals surface area contributed by atoms with Crippen LogP contribution in [0.15, 0.2) is 48.0 Å². The molecule has 2 aliphatic heterocycles. The molecular formula is C28H37N5O4S. The van der Waals surface area contributed by atoms with E-state index in [0.29, 0.717) is 23.5 Å². The lowest BCUT2D eigenvalue weighted by molar-refractivity contribution is 0.130. The standard InChI is InChI=1S/C28H37N5O4S/c1-4-38(34,35)33-26-9-8-25(37-24-10-12-32(13-11-24)19(2)29)16-22(26)17-27(33)23(18-36-3)15-20-6-5-7-21(14-20)28(30)31/h5-9,14-16,24,27,29H,4,10-13,17-18H2,1-3H3,(H3,30,31)/b23-15+,29-19?. The highest BCUT2D eigenvalue weighted by Gasteiger charge is 2.39. The molecule has 2 aliphatic rings. The first-order valence-electron chi connectivity index (χ1n) is 12.9. The number of amidine groups is 2. The van der Waals surface area contributed by atoms with Crippen LogP contribution in [0.4, 0.5) is 5.69 Å². The largest absolute Gasteiger partial charge is 0.490 e. The first-order chi connectivity index (χ1) is 18.1. The maximum absolute atomic E-state index is 13.3. The monoisotopic (exact) mass is 539 g/mol. The van der Waals surface area contributed by atoms with Crippen molar-refractivity contribution >= 4 is 33.5 Å². The summed E-state index contributed by atoms with van der Waals surface area (Å²) in [5.74, 6) is 1.27. The van der Waals surface area contributed by atoms with Gasteiger partial charge in [0.1, 0.15) is 17.7 Å². The Morgan fingerprint density at radius 3 is 2.53 bits per heavy atom. The highest BCUT2D eigenvalue weighted by atomic mass is 32.2. The first-order valence-corrected chi connectivity index (χ1v) is 14.5. The number of hydrogen-bond acceptors (Lipinski definition) is 6. The predicted octanol–water partition coefficient (Wildman–Crippen LogP) is 3.62. The van der Waals surface area contributed by atoms with E-state index in [0.717, 1.165) is 48.4 Å². The lowest BCUT2D eigenvalue weighted by atomic mass is 10.00. The maximum atomic E-state index is 13.3. The van der Waals surface area contributed by atoms with Gasteiger partial charge in [0.05, 0.1) is 29.9 Å². The Morgan fingerprint density at radius 2 is 1.89 bits per heavy atom. The van der Waals surface area contributed by atoms with E-state index in [1.807, 2.05) is 42.5 Å². The second-order valence-corrected chi connectivity index (χ2v) is 11.9. The number of nitrogens with one attached hydrogen (secondary N) is 2. The van der Waals surface area contributed by atoms with E-state index >= 15 is 0 Å². The Morgan fingerprint density at radius 1 is 1.16 bits per heavy atom. The Kier molecular flexibility index (Phi) is 8.42. The first kappa shape index (κ1) is 27.7. The number of nitrogen functional groups attached to an aromatic ring is 1. The van der Waals surface area contributed by atoms with E-state index in [9.17, 15) is 8.42 Å². The number of methoxy groups -OCH3 is 1. The minimum Gasteiger partial charge on any atom is -0.490 e. The minimum absolute atomic E-state index is 0.0215. The van der Waals surface area contributed by atoms with E-state index in [1.54, 1.807) is 27.0 Å². The number of nitrogens with zero attached hydrogens (tertiary/aromatic N) is 2. The number of benzene rings is 2. The fourth-order valence-corrected chi connectivity index (χ4v) is 6.50. The topological polar surface area (TPSA) is 133 Å². The van der Waals surface area contributed by atoms with E-state index < -0.39 is 16.1 Å². The number of hydrogen-bond donors (Lipinski definition) is 3. The van der Waals surface area contributed by atoms with Crippen molar-refractivity contribution in [2.24, 2.45) is 5.73 Å². The third-order valence-corrected chi connectivity index (χ3v) is 8.94. The Balaban J connectivity index is 1.64. The van der Waals surface area contributed by atoms with Gasteiger partial charge < -0.3 is 20.1 Å². The summed E-state index contributed by atoms with van der Waals surface area (Å²) < 4.78 is 40.0. The van der Waals surface area contributed by atoms with Crippen LogP contribution in [0.3, 0.4) is 0 Å². The van der Waals surface area contributed by atoms with Crippen LogP contribution in [0.1, 0.15) is 43.4 Å². The molecule has 1 atom stereocenters. The highest BCUT2D eigenvalue weighted by Crippen LogP contribution is 2.40. The number of ether oxygens (including phenoxy) is 2. The van der Waals surface area contributed by atoms with Crippen molar-refractivity contribution in [2.45, 2.75) is 45.3 Å². The summed E-state index contributed by atoms with van der Waals surface area (Å²) >= 11 is 0. The van der Waals surface area contributed by atoms with Crippen molar-refractivity contribution in [2.75, 3.05) is 36.9 Å². The molecule has 0 bridgehead atoms. The number of sulfonamides is 1. The molecule has 38 heavy (non-hydrogen) atoms. The van der Waals surface area contributed by atoms with Crippen molar-refractivity contribution in [3.8, 4) is 5.75 Å². The molecule has 2 aromatic rings. The molecule has 0 radical (unpaired) electrons. The van der Waals surface area contributed by atoms with Gasteiger partial charge in [-0.1, -0.05) is 24.3 Å². The number of likely N-dealkylation sites (tertiary alicyclic amines) is 1.